The zero-order valence-electron chi connectivity index (χ0n) is 11.9. The molecule has 0 unspecified atom stereocenters. The molecule has 4 N–H and O–H groups in total. The van der Waals surface area contributed by atoms with E-state index in [2.05, 4.69) is 30.6 Å². The summed E-state index contributed by atoms with van der Waals surface area (Å²) in [7, 11) is 0. The fourth-order valence-electron chi connectivity index (χ4n) is 2.36. The zero-order valence-corrected chi connectivity index (χ0v) is 11.9. The molecule has 0 saturated heterocycles. The van der Waals surface area contributed by atoms with Crippen LogP contribution in [0.15, 0.2) is 17.6 Å². The number of nitrogens with zero attached hydrogens (tertiary/aromatic N) is 4. The van der Waals surface area contributed by atoms with E-state index in [-0.39, 0.29) is 0 Å². The molecular weight excluding hydrogens is 268 g/mol. The van der Waals surface area contributed by atoms with Crippen LogP contribution in [0.3, 0.4) is 0 Å². The molecule has 0 saturated carbocycles. The molecule has 0 aromatic carbocycles. The van der Waals surface area contributed by atoms with Gasteiger partial charge in [-0.3, -0.25) is 10.4 Å². The molecule has 0 amide bonds. The van der Waals surface area contributed by atoms with E-state index in [1.807, 2.05) is 4.57 Å². The summed E-state index contributed by atoms with van der Waals surface area (Å²) in [6.45, 7) is 3.55. The van der Waals surface area contributed by atoms with Gasteiger partial charge in [-0.25, -0.2) is 9.97 Å². The highest BCUT2D eigenvalue weighted by Crippen LogP contribution is 2.00. The molecule has 1 aliphatic rings. The van der Waals surface area contributed by atoms with Crippen molar-refractivity contribution in [2.24, 2.45) is 4.99 Å². The first-order chi connectivity index (χ1) is 10.3. The number of unbranched alkanes of at least 4 members (excludes halogenated alkanes) is 2. The van der Waals surface area contributed by atoms with Crippen LogP contribution in [0.1, 0.15) is 19.3 Å². The Morgan fingerprint density at radius 3 is 3.10 bits per heavy atom. The van der Waals surface area contributed by atoms with Crippen molar-refractivity contribution in [3.63, 3.8) is 0 Å². The Hall–Kier alpha value is -2.38. The molecule has 2 aromatic rings. The van der Waals surface area contributed by atoms with E-state index >= 15 is 0 Å². The van der Waals surface area contributed by atoms with E-state index in [1.54, 1.807) is 12.7 Å². The second-order valence-corrected chi connectivity index (χ2v) is 5.03. The van der Waals surface area contributed by atoms with Crippen LogP contribution >= 0.6 is 0 Å². The third-order valence-electron chi connectivity index (χ3n) is 3.51. The number of rotatable bonds is 6. The zero-order chi connectivity index (χ0) is 14.5. The maximum Gasteiger partial charge on any atom is 0.191 e. The second kappa shape index (κ2) is 6.38. The Kier molecular flexibility index (Phi) is 4.13. The van der Waals surface area contributed by atoms with E-state index in [9.17, 15) is 0 Å². The first-order valence-electron chi connectivity index (χ1n) is 7.30. The van der Waals surface area contributed by atoms with Gasteiger partial charge in [-0.15, -0.1) is 0 Å². The van der Waals surface area contributed by atoms with Crippen LogP contribution in [-0.2, 0) is 6.54 Å². The summed E-state index contributed by atoms with van der Waals surface area (Å²) in [6.07, 6.45) is 6.49. The molecule has 3 rings (SSSR count). The molecule has 2 aromatic heterocycles. The van der Waals surface area contributed by atoms with Gasteiger partial charge in [0.1, 0.15) is 5.52 Å². The fourth-order valence-corrected chi connectivity index (χ4v) is 2.36. The van der Waals surface area contributed by atoms with Crippen LogP contribution in [0.5, 0.6) is 0 Å². The van der Waals surface area contributed by atoms with Crippen molar-refractivity contribution < 1.29 is 0 Å². The Morgan fingerprint density at radius 1 is 1.29 bits per heavy atom. The average Bonchev–Trinajstić information content (AvgIpc) is 3.16. The van der Waals surface area contributed by atoms with Crippen molar-refractivity contribution in [3.8, 4) is 0 Å². The number of aliphatic imine (C=N–C) groups is 1. The Bertz CT molecular complexity index is 683. The van der Waals surface area contributed by atoms with Crippen LogP contribution in [0.2, 0.25) is 0 Å². The topological polar surface area (TPSA) is 107 Å². The van der Waals surface area contributed by atoms with Crippen LogP contribution in [0.4, 0.5) is 0 Å². The van der Waals surface area contributed by atoms with Crippen LogP contribution in [0, 0.1) is 5.41 Å². The van der Waals surface area contributed by atoms with Crippen molar-refractivity contribution in [1.29, 1.82) is 5.41 Å². The van der Waals surface area contributed by atoms with Gasteiger partial charge in [0, 0.05) is 19.6 Å². The summed E-state index contributed by atoms with van der Waals surface area (Å²) in [6, 6.07) is 0. The number of nitrogens with one attached hydrogen (secondary N) is 4. The number of aromatic amines is 1. The monoisotopic (exact) mass is 288 g/mol. The summed E-state index contributed by atoms with van der Waals surface area (Å²) in [5, 5.41) is 14.6. The lowest BCUT2D eigenvalue weighted by atomic mass is 10.2. The predicted molar refractivity (Wildman–Crippen MR) is 79.9 cm³/mol. The van der Waals surface area contributed by atoms with Gasteiger partial charge in [-0.2, -0.15) is 0 Å². The smallest absolute Gasteiger partial charge is 0.191 e. The predicted octanol–water partition coefficient (Wildman–Crippen LogP) is -0.0420. The standard InChI is InChI=1S/C13H20N8/c14-11-10-12(19-8-18-10)20-9-21(11)7-3-1-2-4-15-13-16-5-6-17-13/h8-9,14H,1-7H2,(H,18,19)(H2,15,16,17). The number of aromatic nitrogens is 4. The normalized spacial score (nSPS) is 14.2. The van der Waals surface area contributed by atoms with Gasteiger partial charge in [0.15, 0.2) is 17.1 Å². The van der Waals surface area contributed by atoms with Gasteiger partial charge < -0.3 is 20.2 Å². The molecule has 0 aliphatic carbocycles. The number of hydrogen-bond acceptors (Lipinski definition) is 6. The highest BCUT2D eigenvalue weighted by atomic mass is 15.2. The van der Waals surface area contributed by atoms with Crippen LogP contribution in [0.25, 0.3) is 11.2 Å². The van der Waals surface area contributed by atoms with Crippen LogP contribution < -0.4 is 16.1 Å². The Balaban J connectivity index is 1.42. The molecule has 1 aliphatic heterocycles. The first kappa shape index (κ1) is 13.6. The fraction of sp³-hybridized carbons (Fsp3) is 0.538. The number of H-pyrrole nitrogens is 1. The molecule has 8 nitrogen and oxygen atoms in total. The minimum atomic E-state index is 0.445. The summed E-state index contributed by atoms with van der Waals surface area (Å²) >= 11 is 0. The molecule has 21 heavy (non-hydrogen) atoms. The largest absolute Gasteiger partial charge is 0.356 e. The molecular formula is C13H20N8. The summed E-state index contributed by atoms with van der Waals surface area (Å²) in [4.78, 5) is 15.5. The maximum absolute atomic E-state index is 8.10. The van der Waals surface area contributed by atoms with Gasteiger partial charge in [0.25, 0.3) is 0 Å². The molecule has 0 spiro atoms. The van der Waals surface area contributed by atoms with Crippen molar-refractivity contribution in [3.05, 3.63) is 18.1 Å². The van der Waals surface area contributed by atoms with Crippen molar-refractivity contribution in [2.75, 3.05) is 19.6 Å². The van der Waals surface area contributed by atoms with E-state index in [0.29, 0.717) is 16.7 Å². The van der Waals surface area contributed by atoms with Crippen molar-refractivity contribution in [2.45, 2.75) is 25.8 Å². The minimum absolute atomic E-state index is 0.445. The lowest BCUT2D eigenvalue weighted by molar-refractivity contribution is 0.560. The summed E-state index contributed by atoms with van der Waals surface area (Å²) < 4.78 is 1.86. The number of imidazole rings is 1. The van der Waals surface area contributed by atoms with Gasteiger partial charge in [-0.1, -0.05) is 0 Å². The summed E-state index contributed by atoms with van der Waals surface area (Å²) in [5.41, 5.74) is 1.75. The maximum atomic E-state index is 8.10. The lowest BCUT2D eigenvalue weighted by Gasteiger charge is -2.08. The third kappa shape index (κ3) is 3.21. The number of aryl methyl sites for hydroxylation is 1. The van der Waals surface area contributed by atoms with E-state index in [4.69, 9.17) is 5.41 Å². The quantitative estimate of drug-likeness (QED) is 0.559. The molecule has 0 atom stereocenters. The van der Waals surface area contributed by atoms with Crippen molar-refractivity contribution in [1.82, 2.24) is 30.2 Å². The van der Waals surface area contributed by atoms with E-state index in [0.717, 1.165) is 51.4 Å². The highest BCUT2D eigenvalue weighted by Gasteiger charge is 2.04. The molecule has 0 fully saturated rings. The molecule has 112 valence electrons. The molecule has 0 bridgehead atoms. The third-order valence-corrected chi connectivity index (χ3v) is 3.51. The minimum Gasteiger partial charge on any atom is -0.356 e. The van der Waals surface area contributed by atoms with Gasteiger partial charge in [0.2, 0.25) is 0 Å². The van der Waals surface area contributed by atoms with E-state index < -0.39 is 0 Å². The van der Waals surface area contributed by atoms with Crippen molar-refractivity contribution >= 4 is 17.1 Å². The number of guanidine groups is 1. The lowest BCUT2D eigenvalue weighted by Crippen LogP contribution is -2.34. The Morgan fingerprint density at radius 2 is 2.24 bits per heavy atom. The second-order valence-electron chi connectivity index (χ2n) is 5.03. The van der Waals surface area contributed by atoms with Gasteiger partial charge in [-0.05, 0) is 19.3 Å². The number of fused-ring (bicyclic) bond motifs is 1. The van der Waals surface area contributed by atoms with Crippen LogP contribution in [-0.4, -0.2) is 45.1 Å². The Labute approximate surface area is 122 Å². The number of hydrogen-bond donors (Lipinski definition) is 4. The molecule has 0 radical (unpaired) electrons. The molecule has 3 heterocycles. The first-order valence-corrected chi connectivity index (χ1v) is 7.30. The SMILES string of the molecule is N=c1c2[nH]cnc2ncn1CCCCCNC1=NCCN1. The molecule has 8 heteroatoms. The van der Waals surface area contributed by atoms with Gasteiger partial charge in [0.05, 0.1) is 19.2 Å². The summed E-state index contributed by atoms with van der Waals surface area (Å²) in [5.74, 6) is 0.923. The highest BCUT2D eigenvalue weighted by molar-refractivity contribution is 5.81. The van der Waals surface area contributed by atoms with Gasteiger partial charge >= 0.3 is 0 Å². The van der Waals surface area contributed by atoms with E-state index in [1.165, 1.54) is 0 Å². The average molecular weight is 288 g/mol.